The molecule has 5 nitrogen and oxygen atoms in total. The highest BCUT2D eigenvalue weighted by molar-refractivity contribution is 6.30. The summed E-state index contributed by atoms with van der Waals surface area (Å²) in [5.41, 5.74) is 0.933. The topological polar surface area (TPSA) is 71.3 Å². The molecule has 1 heterocycles. The Morgan fingerprint density at radius 1 is 0.933 bits per heavy atom. The van der Waals surface area contributed by atoms with Gasteiger partial charge in [0.25, 0.3) is 11.8 Å². The molecular weight excluding hydrogens is 400 g/mol. The van der Waals surface area contributed by atoms with Gasteiger partial charge in [0, 0.05) is 27.8 Å². The van der Waals surface area contributed by atoms with Crippen LogP contribution < -0.4 is 10.6 Å². The summed E-state index contributed by atoms with van der Waals surface area (Å²) in [5, 5.41) is 6.19. The van der Waals surface area contributed by atoms with Crippen LogP contribution in [-0.4, -0.2) is 17.4 Å². The van der Waals surface area contributed by atoms with Crippen LogP contribution in [0.5, 0.6) is 0 Å². The van der Waals surface area contributed by atoms with Crippen molar-refractivity contribution in [3.8, 4) is 11.3 Å². The first-order chi connectivity index (χ1) is 14.2. The van der Waals surface area contributed by atoms with Crippen molar-refractivity contribution in [3.05, 3.63) is 88.8 Å². The van der Waals surface area contributed by atoms with Crippen LogP contribution >= 0.6 is 11.6 Å². The normalized spacial score (nSPS) is 11.8. The van der Waals surface area contributed by atoms with E-state index in [2.05, 4.69) is 10.6 Å². The quantitative estimate of drug-likeness (QED) is 0.549. The van der Waals surface area contributed by atoms with E-state index in [9.17, 15) is 9.59 Å². The summed E-state index contributed by atoms with van der Waals surface area (Å²) in [6.45, 7) is 5.60. The maximum Gasteiger partial charge on any atom is 0.268 e. The number of benzene rings is 2. The molecule has 3 rings (SSSR count). The first-order valence-electron chi connectivity index (χ1n) is 9.48. The molecular formula is C24H23ClN2O3. The van der Waals surface area contributed by atoms with Crippen LogP contribution in [0.25, 0.3) is 17.4 Å². The van der Waals surface area contributed by atoms with Gasteiger partial charge in [0.1, 0.15) is 17.2 Å². The van der Waals surface area contributed by atoms with E-state index in [1.54, 1.807) is 48.5 Å². The average molecular weight is 423 g/mol. The van der Waals surface area contributed by atoms with Gasteiger partial charge >= 0.3 is 0 Å². The van der Waals surface area contributed by atoms with Crippen molar-refractivity contribution in [3.63, 3.8) is 0 Å². The standard InChI is InChI=1S/C24H23ClN2O3/c1-24(2,3)27-23(29)20(26-22(28)17-7-5-4-6-8-17)15-19-13-14-21(30-19)16-9-11-18(25)12-10-16/h4-15H,1-3H3,(H,26,28)(H,27,29). The number of carbonyl (C=O) groups excluding carboxylic acids is 2. The second kappa shape index (κ2) is 9.01. The van der Waals surface area contributed by atoms with Gasteiger partial charge in [-0.25, -0.2) is 0 Å². The zero-order valence-electron chi connectivity index (χ0n) is 17.0. The summed E-state index contributed by atoms with van der Waals surface area (Å²) in [6, 6.07) is 19.5. The lowest BCUT2D eigenvalue weighted by atomic mass is 10.1. The number of furan rings is 1. The largest absolute Gasteiger partial charge is 0.457 e. The lowest BCUT2D eigenvalue weighted by molar-refractivity contribution is -0.119. The highest BCUT2D eigenvalue weighted by Gasteiger charge is 2.20. The van der Waals surface area contributed by atoms with E-state index in [4.69, 9.17) is 16.0 Å². The SMILES string of the molecule is CC(C)(C)NC(=O)C(=Cc1ccc(-c2ccc(Cl)cc2)o1)NC(=O)c1ccccc1. The number of rotatable bonds is 5. The molecule has 3 aromatic rings. The third kappa shape index (κ3) is 5.84. The summed E-state index contributed by atoms with van der Waals surface area (Å²) in [6.07, 6.45) is 1.52. The zero-order valence-corrected chi connectivity index (χ0v) is 17.8. The number of hydrogen-bond acceptors (Lipinski definition) is 3. The maximum absolute atomic E-state index is 12.8. The molecule has 0 unspecified atom stereocenters. The molecule has 30 heavy (non-hydrogen) atoms. The molecule has 2 amide bonds. The first kappa shape index (κ1) is 21.4. The molecule has 2 aromatic carbocycles. The summed E-state index contributed by atoms with van der Waals surface area (Å²) >= 11 is 5.93. The lowest BCUT2D eigenvalue weighted by Gasteiger charge is -2.21. The van der Waals surface area contributed by atoms with Crippen LogP contribution in [0.4, 0.5) is 0 Å². The molecule has 6 heteroatoms. The summed E-state index contributed by atoms with van der Waals surface area (Å²) in [5.74, 6) is 0.280. The van der Waals surface area contributed by atoms with E-state index in [0.29, 0.717) is 22.1 Å². The van der Waals surface area contributed by atoms with Crippen LogP contribution in [0.15, 0.2) is 76.8 Å². The fourth-order valence-corrected chi connectivity index (χ4v) is 2.82. The second-order valence-electron chi connectivity index (χ2n) is 7.79. The van der Waals surface area contributed by atoms with Gasteiger partial charge in [-0.3, -0.25) is 9.59 Å². The molecule has 0 atom stereocenters. The minimum Gasteiger partial charge on any atom is -0.457 e. The first-order valence-corrected chi connectivity index (χ1v) is 9.85. The van der Waals surface area contributed by atoms with E-state index in [1.807, 2.05) is 39.0 Å². The number of nitrogens with one attached hydrogen (secondary N) is 2. The Bertz CT molecular complexity index is 1060. The molecule has 0 fully saturated rings. The van der Waals surface area contributed by atoms with Gasteiger partial charge in [0.2, 0.25) is 0 Å². The van der Waals surface area contributed by atoms with Crippen molar-refractivity contribution in [2.45, 2.75) is 26.3 Å². The van der Waals surface area contributed by atoms with Crippen LogP contribution in [0.1, 0.15) is 36.9 Å². The molecule has 0 bridgehead atoms. The molecule has 0 aliphatic rings. The van der Waals surface area contributed by atoms with Gasteiger partial charge in [-0.2, -0.15) is 0 Å². The van der Waals surface area contributed by atoms with Crippen molar-refractivity contribution < 1.29 is 14.0 Å². The Morgan fingerprint density at radius 3 is 2.23 bits per heavy atom. The van der Waals surface area contributed by atoms with Gasteiger partial charge in [-0.05, 0) is 69.3 Å². The second-order valence-corrected chi connectivity index (χ2v) is 8.23. The van der Waals surface area contributed by atoms with Gasteiger partial charge in [-0.15, -0.1) is 0 Å². The van der Waals surface area contributed by atoms with E-state index in [1.165, 1.54) is 6.08 Å². The molecule has 0 saturated carbocycles. The van der Waals surface area contributed by atoms with E-state index >= 15 is 0 Å². The third-order valence-electron chi connectivity index (χ3n) is 4.06. The smallest absolute Gasteiger partial charge is 0.268 e. The molecule has 0 aliphatic carbocycles. The maximum atomic E-state index is 12.8. The summed E-state index contributed by atoms with van der Waals surface area (Å²) in [4.78, 5) is 25.4. The lowest BCUT2D eigenvalue weighted by Crippen LogP contribution is -2.44. The summed E-state index contributed by atoms with van der Waals surface area (Å²) in [7, 11) is 0. The van der Waals surface area contributed by atoms with Crippen LogP contribution in [-0.2, 0) is 4.79 Å². The Hall–Kier alpha value is -3.31. The number of halogens is 1. The number of carbonyl (C=O) groups is 2. The molecule has 1 aromatic heterocycles. The molecule has 0 radical (unpaired) electrons. The van der Waals surface area contributed by atoms with Crippen molar-refractivity contribution >= 4 is 29.5 Å². The molecule has 0 spiro atoms. The predicted molar refractivity (Wildman–Crippen MR) is 119 cm³/mol. The van der Waals surface area contributed by atoms with Crippen molar-refractivity contribution in [2.75, 3.05) is 0 Å². The molecule has 2 N–H and O–H groups in total. The fraction of sp³-hybridized carbons (Fsp3) is 0.167. The fourth-order valence-electron chi connectivity index (χ4n) is 2.69. The van der Waals surface area contributed by atoms with E-state index in [-0.39, 0.29) is 11.6 Å². The minimum atomic E-state index is -0.467. The van der Waals surface area contributed by atoms with Gasteiger partial charge in [0.15, 0.2) is 0 Å². The van der Waals surface area contributed by atoms with E-state index in [0.717, 1.165) is 5.56 Å². The van der Waals surface area contributed by atoms with Crippen LogP contribution in [0.2, 0.25) is 5.02 Å². The van der Waals surface area contributed by atoms with Crippen molar-refractivity contribution in [2.24, 2.45) is 0 Å². The highest BCUT2D eigenvalue weighted by atomic mass is 35.5. The summed E-state index contributed by atoms with van der Waals surface area (Å²) < 4.78 is 5.86. The third-order valence-corrected chi connectivity index (χ3v) is 4.31. The Labute approximate surface area is 180 Å². The zero-order chi connectivity index (χ0) is 21.7. The Kier molecular flexibility index (Phi) is 6.43. The van der Waals surface area contributed by atoms with E-state index < -0.39 is 11.4 Å². The predicted octanol–water partition coefficient (Wildman–Crippen LogP) is 5.29. The van der Waals surface area contributed by atoms with Crippen LogP contribution in [0.3, 0.4) is 0 Å². The van der Waals surface area contributed by atoms with Crippen molar-refractivity contribution in [1.82, 2.24) is 10.6 Å². The van der Waals surface area contributed by atoms with Crippen molar-refractivity contribution in [1.29, 1.82) is 0 Å². The minimum absolute atomic E-state index is 0.0933. The Balaban J connectivity index is 1.89. The molecule has 154 valence electrons. The average Bonchev–Trinajstić information content (AvgIpc) is 3.16. The van der Waals surface area contributed by atoms with Gasteiger partial charge in [-0.1, -0.05) is 29.8 Å². The highest BCUT2D eigenvalue weighted by Crippen LogP contribution is 2.25. The molecule has 0 saturated heterocycles. The Morgan fingerprint density at radius 2 is 1.60 bits per heavy atom. The number of hydrogen-bond donors (Lipinski definition) is 2. The van der Waals surface area contributed by atoms with Crippen LogP contribution in [0, 0.1) is 0 Å². The van der Waals surface area contributed by atoms with Gasteiger partial charge < -0.3 is 15.1 Å². The monoisotopic (exact) mass is 422 g/mol. The number of amides is 2. The molecule has 0 aliphatic heterocycles. The van der Waals surface area contributed by atoms with Gasteiger partial charge in [0.05, 0.1) is 0 Å².